The monoisotopic (exact) mass is 347 g/mol. The second-order valence-electron chi connectivity index (χ2n) is 6.94. The zero-order chi connectivity index (χ0) is 18.0. The summed E-state index contributed by atoms with van der Waals surface area (Å²) in [5.74, 6) is 0.251. The lowest BCUT2D eigenvalue weighted by Crippen LogP contribution is -2.59. The Kier molecular flexibility index (Phi) is 5.08. The molecule has 2 N–H and O–H groups in total. The van der Waals surface area contributed by atoms with Crippen molar-refractivity contribution in [3.8, 4) is 0 Å². The average molecular weight is 347 g/mol. The molecule has 0 spiro atoms. The van der Waals surface area contributed by atoms with Gasteiger partial charge >= 0.3 is 6.09 Å². The number of rotatable bonds is 4. The van der Waals surface area contributed by atoms with Crippen LogP contribution in [0, 0.1) is 12.8 Å². The van der Waals surface area contributed by atoms with Crippen molar-refractivity contribution < 1.29 is 14.3 Å². The van der Waals surface area contributed by atoms with E-state index in [-0.39, 0.29) is 23.8 Å². The van der Waals surface area contributed by atoms with E-state index in [1.807, 2.05) is 6.92 Å². The van der Waals surface area contributed by atoms with E-state index in [0.717, 1.165) is 24.2 Å². The number of nitrogens with one attached hydrogen (secondary N) is 2. The SMILES string of the molecule is CCOC(=O)N1CCC(C2(CC)Nc3ccc(C)cc3N2)C(OC)C1. The lowest BCUT2D eigenvalue weighted by molar-refractivity contribution is -0.0293. The van der Waals surface area contributed by atoms with Crippen molar-refractivity contribution in [1.29, 1.82) is 0 Å². The summed E-state index contributed by atoms with van der Waals surface area (Å²) >= 11 is 0. The van der Waals surface area contributed by atoms with Crippen LogP contribution in [-0.2, 0) is 9.47 Å². The third kappa shape index (κ3) is 3.27. The van der Waals surface area contributed by atoms with Gasteiger partial charge in [0.05, 0.1) is 30.6 Å². The third-order valence-electron chi connectivity index (χ3n) is 5.47. The normalized spacial score (nSPS) is 28.1. The van der Waals surface area contributed by atoms with E-state index >= 15 is 0 Å². The Labute approximate surface area is 149 Å². The number of amides is 1. The van der Waals surface area contributed by atoms with Crippen molar-refractivity contribution in [2.75, 3.05) is 37.4 Å². The van der Waals surface area contributed by atoms with Gasteiger partial charge in [-0.25, -0.2) is 4.79 Å². The first-order valence-corrected chi connectivity index (χ1v) is 9.14. The van der Waals surface area contributed by atoms with Crippen molar-refractivity contribution in [1.82, 2.24) is 4.90 Å². The van der Waals surface area contributed by atoms with Gasteiger partial charge in [0.1, 0.15) is 5.66 Å². The Bertz CT molecular complexity index is 636. The minimum atomic E-state index is -0.252. The molecule has 0 bridgehead atoms. The molecule has 25 heavy (non-hydrogen) atoms. The predicted molar refractivity (Wildman–Crippen MR) is 98.9 cm³/mol. The summed E-state index contributed by atoms with van der Waals surface area (Å²) in [5.41, 5.74) is 3.26. The number of likely N-dealkylation sites (tertiary alicyclic amines) is 1. The van der Waals surface area contributed by atoms with Gasteiger partial charge in [-0.15, -0.1) is 0 Å². The zero-order valence-electron chi connectivity index (χ0n) is 15.6. The predicted octanol–water partition coefficient (Wildman–Crippen LogP) is 3.43. The maximum atomic E-state index is 12.1. The largest absolute Gasteiger partial charge is 0.450 e. The van der Waals surface area contributed by atoms with E-state index in [1.165, 1.54) is 5.56 Å². The summed E-state index contributed by atoms with van der Waals surface area (Å²) in [6, 6.07) is 6.43. The lowest BCUT2D eigenvalue weighted by atomic mass is 9.80. The number of methoxy groups -OCH3 is 1. The molecule has 0 aromatic heterocycles. The van der Waals surface area contributed by atoms with Gasteiger partial charge in [0, 0.05) is 19.6 Å². The molecule has 2 aliphatic rings. The Morgan fingerprint density at radius 1 is 1.32 bits per heavy atom. The van der Waals surface area contributed by atoms with Crippen LogP contribution in [0.5, 0.6) is 0 Å². The fourth-order valence-corrected chi connectivity index (χ4v) is 4.11. The Balaban J connectivity index is 1.79. The molecule has 138 valence electrons. The number of benzene rings is 1. The van der Waals surface area contributed by atoms with Crippen LogP contribution < -0.4 is 10.6 Å². The maximum absolute atomic E-state index is 12.1. The first-order valence-electron chi connectivity index (χ1n) is 9.14. The van der Waals surface area contributed by atoms with Crippen molar-refractivity contribution in [3.05, 3.63) is 23.8 Å². The van der Waals surface area contributed by atoms with Crippen LogP contribution in [0.4, 0.5) is 16.2 Å². The van der Waals surface area contributed by atoms with Crippen LogP contribution in [0.25, 0.3) is 0 Å². The van der Waals surface area contributed by atoms with Crippen LogP contribution >= 0.6 is 0 Å². The number of fused-ring (bicyclic) bond motifs is 1. The highest BCUT2D eigenvalue weighted by molar-refractivity contribution is 5.77. The molecule has 0 saturated carbocycles. The molecule has 3 rings (SSSR count). The highest BCUT2D eigenvalue weighted by Gasteiger charge is 2.48. The number of carbonyl (C=O) groups excluding carboxylic acids is 1. The quantitative estimate of drug-likeness (QED) is 0.874. The summed E-state index contributed by atoms with van der Waals surface area (Å²) in [6.07, 6.45) is 1.48. The van der Waals surface area contributed by atoms with E-state index in [1.54, 1.807) is 12.0 Å². The second kappa shape index (κ2) is 7.12. The van der Waals surface area contributed by atoms with Gasteiger partial charge in [0.15, 0.2) is 0 Å². The zero-order valence-corrected chi connectivity index (χ0v) is 15.6. The number of hydrogen-bond acceptors (Lipinski definition) is 5. The molecule has 1 saturated heterocycles. The number of hydrogen-bond donors (Lipinski definition) is 2. The summed E-state index contributed by atoms with van der Waals surface area (Å²) in [6.45, 7) is 7.75. The third-order valence-corrected chi connectivity index (χ3v) is 5.47. The molecular formula is C19H29N3O3. The molecule has 3 unspecified atom stereocenters. The minimum absolute atomic E-state index is 0.0477. The maximum Gasteiger partial charge on any atom is 0.409 e. The number of nitrogens with zero attached hydrogens (tertiary/aromatic N) is 1. The average Bonchev–Trinajstić information content (AvgIpc) is 3.00. The number of piperidine rings is 1. The highest BCUT2D eigenvalue weighted by atomic mass is 16.6. The smallest absolute Gasteiger partial charge is 0.409 e. The number of ether oxygens (including phenoxy) is 2. The Morgan fingerprint density at radius 2 is 2.08 bits per heavy atom. The molecule has 2 heterocycles. The van der Waals surface area contributed by atoms with Crippen molar-refractivity contribution in [2.24, 2.45) is 5.92 Å². The van der Waals surface area contributed by atoms with Gasteiger partial charge in [-0.05, 0) is 44.4 Å². The molecule has 1 aromatic rings. The minimum Gasteiger partial charge on any atom is -0.450 e. The lowest BCUT2D eigenvalue weighted by Gasteiger charge is -2.46. The topological polar surface area (TPSA) is 62.8 Å². The summed E-state index contributed by atoms with van der Waals surface area (Å²) in [7, 11) is 1.72. The highest BCUT2D eigenvalue weighted by Crippen LogP contribution is 2.43. The molecule has 1 fully saturated rings. The number of anilines is 2. The van der Waals surface area contributed by atoms with Gasteiger partial charge in [-0.1, -0.05) is 13.0 Å². The molecule has 0 aliphatic carbocycles. The number of carbonyl (C=O) groups is 1. The van der Waals surface area contributed by atoms with Crippen molar-refractivity contribution in [2.45, 2.75) is 45.4 Å². The molecule has 0 radical (unpaired) electrons. The van der Waals surface area contributed by atoms with Crippen LogP contribution in [0.2, 0.25) is 0 Å². The molecular weight excluding hydrogens is 318 g/mol. The van der Waals surface area contributed by atoms with E-state index in [4.69, 9.17) is 9.47 Å². The molecule has 6 heteroatoms. The van der Waals surface area contributed by atoms with E-state index in [2.05, 4.69) is 42.7 Å². The van der Waals surface area contributed by atoms with Gasteiger partial charge in [0.2, 0.25) is 0 Å². The summed E-state index contributed by atoms with van der Waals surface area (Å²) in [4.78, 5) is 13.8. The van der Waals surface area contributed by atoms with E-state index in [9.17, 15) is 4.79 Å². The molecule has 6 nitrogen and oxygen atoms in total. The van der Waals surface area contributed by atoms with Gasteiger partial charge in [0.25, 0.3) is 0 Å². The first kappa shape index (κ1) is 17.9. The Hall–Kier alpha value is -1.95. The van der Waals surface area contributed by atoms with Crippen molar-refractivity contribution >= 4 is 17.5 Å². The van der Waals surface area contributed by atoms with Gasteiger partial charge < -0.3 is 25.0 Å². The van der Waals surface area contributed by atoms with Crippen molar-refractivity contribution in [3.63, 3.8) is 0 Å². The van der Waals surface area contributed by atoms with Crippen LogP contribution in [0.3, 0.4) is 0 Å². The van der Waals surface area contributed by atoms with Gasteiger partial charge in [-0.3, -0.25) is 0 Å². The van der Waals surface area contributed by atoms with Crippen LogP contribution in [-0.4, -0.2) is 49.6 Å². The van der Waals surface area contributed by atoms with E-state index in [0.29, 0.717) is 19.7 Å². The number of aryl methyl sites for hydroxylation is 1. The fraction of sp³-hybridized carbons (Fsp3) is 0.632. The summed E-state index contributed by atoms with van der Waals surface area (Å²) < 4.78 is 10.9. The fourth-order valence-electron chi connectivity index (χ4n) is 4.11. The molecule has 1 aromatic carbocycles. The molecule has 2 aliphatic heterocycles. The van der Waals surface area contributed by atoms with Crippen LogP contribution in [0.1, 0.15) is 32.3 Å². The van der Waals surface area contributed by atoms with Crippen LogP contribution in [0.15, 0.2) is 18.2 Å². The summed E-state index contributed by atoms with van der Waals surface area (Å²) in [5, 5.41) is 7.42. The first-order chi connectivity index (χ1) is 12.0. The van der Waals surface area contributed by atoms with Gasteiger partial charge in [-0.2, -0.15) is 0 Å². The molecule has 3 atom stereocenters. The standard InChI is InChI=1S/C19H29N3O3/c1-5-19(20-15-8-7-13(3)11-16(15)21-19)14-9-10-22(12-17(14)24-4)18(23)25-6-2/h7-8,11,14,17,20-21H,5-6,9-10,12H2,1-4H3. The second-order valence-corrected chi connectivity index (χ2v) is 6.94. The molecule has 1 amide bonds. The Morgan fingerprint density at radius 3 is 2.76 bits per heavy atom. The van der Waals surface area contributed by atoms with E-state index < -0.39 is 0 Å².